The molecule has 90 valence electrons. The molecule has 0 unspecified atom stereocenters. The van der Waals surface area contributed by atoms with Crippen LogP contribution in [0.4, 0.5) is 0 Å². The first-order valence-electron chi connectivity index (χ1n) is 5.27. The zero-order valence-corrected chi connectivity index (χ0v) is 10.2. The second-order valence-electron chi connectivity index (χ2n) is 3.98. The van der Waals surface area contributed by atoms with E-state index in [2.05, 4.69) is 4.72 Å². The first-order valence-corrected chi connectivity index (χ1v) is 7.46. The predicted molar refractivity (Wildman–Crippen MR) is 60.5 cm³/mol. The van der Waals surface area contributed by atoms with Crippen LogP contribution in [0.5, 0.6) is 0 Å². The highest BCUT2D eigenvalue weighted by atomic mass is 35.5. The van der Waals surface area contributed by atoms with E-state index in [9.17, 15) is 13.5 Å². The Hall–Kier alpha value is 0.160. The summed E-state index contributed by atoms with van der Waals surface area (Å²) >= 11 is 5.44. The highest BCUT2D eigenvalue weighted by molar-refractivity contribution is 7.89. The number of aliphatic hydroxyl groups is 1. The molecule has 1 fully saturated rings. The normalized spacial score (nSPS) is 27.9. The average Bonchev–Trinajstić information content (AvgIpc) is 2.18. The molecule has 0 spiro atoms. The van der Waals surface area contributed by atoms with E-state index in [0.29, 0.717) is 25.1 Å². The molecule has 0 saturated heterocycles. The fraction of sp³-hybridized carbons (Fsp3) is 1.00. The zero-order valence-electron chi connectivity index (χ0n) is 8.65. The third-order valence-electron chi connectivity index (χ3n) is 2.59. The molecule has 15 heavy (non-hydrogen) atoms. The molecule has 1 aliphatic carbocycles. The summed E-state index contributed by atoms with van der Waals surface area (Å²) in [5.74, 6) is 0.458. The number of halogens is 1. The van der Waals surface area contributed by atoms with E-state index in [1.165, 1.54) is 0 Å². The molecule has 6 heteroatoms. The van der Waals surface area contributed by atoms with Crippen molar-refractivity contribution in [2.45, 2.75) is 44.2 Å². The molecule has 0 aliphatic heterocycles. The number of aliphatic hydroxyl groups excluding tert-OH is 1. The molecule has 0 amide bonds. The van der Waals surface area contributed by atoms with Crippen LogP contribution in [0.25, 0.3) is 0 Å². The largest absolute Gasteiger partial charge is 0.393 e. The van der Waals surface area contributed by atoms with E-state index >= 15 is 0 Å². The maximum atomic E-state index is 11.5. The maximum absolute atomic E-state index is 11.5. The van der Waals surface area contributed by atoms with Gasteiger partial charge in [-0.05, 0) is 32.1 Å². The van der Waals surface area contributed by atoms with Gasteiger partial charge in [-0.3, -0.25) is 0 Å². The van der Waals surface area contributed by atoms with E-state index in [4.69, 9.17) is 11.6 Å². The fourth-order valence-corrected chi connectivity index (χ4v) is 3.43. The van der Waals surface area contributed by atoms with Crippen molar-refractivity contribution in [2.24, 2.45) is 0 Å². The van der Waals surface area contributed by atoms with E-state index < -0.39 is 10.0 Å². The SMILES string of the molecule is O=S(=O)(CCCCl)NC1CCC(O)CC1. The van der Waals surface area contributed by atoms with Crippen LogP contribution in [-0.4, -0.2) is 37.3 Å². The molecule has 0 radical (unpaired) electrons. The molecule has 0 aromatic rings. The Labute approximate surface area is 96.1 Å². The Morgan fingerprint density at radius 1 is 1.27 bits per heavy atom. The average molecular weight is 256 g/mol. The lowest BCUT2D eigenvalue weighted by atomic mass is 9.94. The molecule has 0 atom stereocenters. The summed E-state index contributed by atoms with van der Waals surface area (Å²) in [7, 11) is -3.18. The van der Waals surface area contributed by atoms with Gasteiger partial charge >= 0.3 is 0 Å². The summed E-state index contributed by atoms with van der Waals surface area (Å²) < 4.78 is 25.7. The summed E-state index contributed by atoms with van der Waals surface area (Å²) in [6, 6.07) is -0.00581. The fourth-order valence-electron chi connectivity index (χ4n) is 1.75. The van der Waals surface area contributed by atoms with Gasteiger partial charge in [0.05, 0.1) is 11.9 Å². The number of sulfonamides is 1. The lowest BCUT2D eigenvalue weighted by Crippen LogP contribution is -2.39. The standard InChI is InChI=1S/C9H18ClNO3S/c10-6-1-7-15(13,14)11-8-2-4-9(12)5-3-8/h8-9,11-12H,1-7H2. The highest BCUT2D eigenvalue weighted by Crippen LogP contribution is 2.18. The van der Waals surface area contributed by atoms with E-state index in [1.54, 1.807) is 0 Å². The molecule has 1 aliphatic rings. The van der Waals surface area contributed by atoms with Crippen LogP contribution < -0.4 is 4.72 Å². The summed E-state index contributed by atoms with van der Waals surface area (Å²) in [6.07, 6.45) is 3.04. The van der Waals surface area contributed by atoms with Gasteiger partial charge in [0.25, 0.3) is 0 Å². The molecular formula is C9H18ClNO3S. The van der Waals surface area contributed by atoms with Crippen molar-refractivity contribution in [2.75, 3.05) is 11.6 Å². The van der Waals surface area contributed by atoms with Gasteiger partial charge in [-0.1, -0.05) is 0 Å². The van der Waals surface area contributed by atoms with Crippen LogP contribution in [0.2, 0.25) is 0 Å². The van der Waals surface area contributed by atoms with Gasteiger partial charge in [0.1, 0.15) is 0 Å². The minimum atomic E-state index is -3.18. The highest BCUT2D eigenvalue weighted by Gasteiger charge is 2.23. The van der Waals surface area contributed by atoms with Gasteiger partial charge in [-0.2, -0.15) is 0 Å². The molecule has 2 N–H and O–H groups in total. The van der Waals surface area contributed by atoms with Gasteiger partial charge in [-0.25, -0.2) is 13.1 Å². The monoisotopic (exact) mass is 255 g/mol. The van der Waals surface area contributed by atoms with E-state index in [-0.39, 0.29) is 17.9 Å². The van der Waals surface area contributed by atoms with Crippen molar-refractivity contribution in [3.63, 3.8) is 0 Å². The second kappa shape index (κ2) is 6.03. The van der Waals surface area contributed by atoms with Crippen LogP contribution in [0, 0.1) is 0 Å². The Balaban J connectivity index is 2.34. The van der Waals surface area contributed by atoms with Gasteiger partial charge in [0.2, 0.25) is 10.0 Å². The van der Waals surface area contributed by atoms with Crippen LogP contribution >= 0.6 is 11.6 Å². The van der Waals surface area contributed by atoms with Gasteiger partial charge in [0, 0.05) is 11.9 Å². The van der Waals surface area contributed by atoms with Crippen LogP contribution in [-0.2, 0) is 10.0 Å². The smallest absolute Gasteiger partial charge is 0.211 e. The van der Waals surface area contributed by atoms with Crippen molar-refractivity contribution in [3.8, 4) is 0 Å². The maximum Gasteiger partial charge on any atom is 0.211 e. The van der Waals surface area contributed by atoms with Crippen molar-refractivity contribution in [3.05, 3.63) is 0 Å². The van der Waals surface area contributed by atoms with Crippen LogP contribution in [0.3, 0.4) is 0 Å². The zero-order chi connectivity index (χ0) is 11.3. The predicted octanol–water partition coefficient (Wildman–Crippen LogP) is 0.838. The van der Waals surface area contributed by atoms with E-state index in [1.807, 2.05) is 0 Å². The van der Waals surface area contributed by atoms with Crippen molar-refractivity contribution < 1.29 is 13.5 Å². The number of hydrogen-bond donors (Lipinski definition) is 2. The minimum Gasteiger partial charge on any atom is -0.393 e. The van der Waals surface area contributed by atoms with Crippen molar-refractivity contribution in [1.82, 2.24) is 4.72 Å². The lowest BCUT2D eigenvalue weighted by Gasteiger charge is -2.25. The quantitative estimate of drug-likeness (QED) is 0.716. The summed E-state index contributed by atoms with van der Waals surface area (Å²) in [4.78, 5) is 0. The molecule has 4 nitrogen and oxygen atoms in total. The third-order valence-corrected chi connectivity index (χ3v) is 4.38. The number of nitrogens with one attached hydrogen (secondary N) is 1. The molecule has 1 saturated carbocycles. The number of hydrogen-bond acceptors (Lipinski definition) is 3. The topological polar surface area (TPSA) is 66.4 Å². The van der Waals surface area contributed by atoms with Crippen molar-refractivity contribution in [1.29, 1.82) is 0 Å². The van der Waals surface area contributed by atoms with Gasteiger partial charge in [-0.15, -0.1) is 11.6 Å². The first kappa shape index (κ1) is 13.2. The molecule has 1 rings (SSSR count). The summed E-state index contributed by atoms with van der Waals surface area (Å²) in [6.45, 7) is 0. The van der Waals surface area contributed by atoms with Crippen LogP contribution in [0.1, 0.15) is 32.1 Å². The van der Waals surface area contributed by atoms with Crippen molar-refractivity contribution >= 4 is 21.6 Å². The van der Waals surface area contributed by atoms with E-state index in [0.717, 1.165) is 12.8 Å². The van der Waals surface area contributed by atoms with Crippen LogP contribution in [0.15, 0.2) is 0 Å². The Morgan fingerprint density at radius 2 is 1.87 bits per heavy atom. The summed E-state index contributed by atoms with van der Waals surface area (Å²) in [5.41, 5.74) is 0. The minimum absolute atomic E-state index is 0.00581. The molecule has 0 bridgehead atoms. The summed E-state index contributed by atoms with van der Waals surface area (Å²) in [5, 5.41) is 9.27. The second-order valence-corrected chi connectivity index (χ2v) is 6.24. The molecular weight excluding hydrogens is 238 g/mol. The Morgan fingerprint density at radius 3 is 2.40 bits per heavy atom. The van der Waals surface area contributed by atoms with Gasteiger partial charge in [0.15, 0.2) is 0 Å². The lowest BCUT2D eigenvalue weighted by molar-refractivity contribution is 0.120. The Bertz CT molecular complexity index is 273. The van der Waals surface area contributed by atoms with Gasteiger partial charge < -0.3 is 5.11 Å². The number of rotatable bonds is 5. The Kier molecular flexibility index (Phi) is 5.32. The first-order chi connectivity index (χ1) is 7.03. The third kappa shape index (κ3) is 5.15. The molecule has 0 aromatic carbocycles. The molecule has 0 heterocycles. The number of alkyl halides is 1. The molecule has 0 aromatic heterocycles.